The molecule has 1 fully saturated rings. The highest BCUT2D eigenvalue weighted by atomic mass is 79.9. The predicted octanol–water partition coefficient (Wildman–Crippen LogP) is 4.43. The van der Waals surface area contributed by atoms with Gasteiger partial charge in [0.05, 0.1) is 4.47 Å². The number of halogens is 2. The second-order valence-electron chi connectivity index (χ2n) is 5.60. The molecule has 18 heavy (non-hydrogen) atoms. The Kier molecular flexibility index (Phi) is 4.44. The van der Waals surface area contributed by atoms with Crippen molar-refractivity contribution in [2.45, 2.75) is 51.0 Å². The van der Waals surface area contributed by atoms with E-state index in [0.717, 1.165) is 30.7 Å². The smallest absolute Gasteiger partial charge is 0.137 e. The van der Waals surface area contributed by atoms with Gasteiger partial charge in [0.1, 0.15) is 5.82 Å². The fourth-order valence-electron chi connectivity index (χ4n) is 2.90. The molecule has 0 heterocycles. The molecule has 0 aromatic heterocycles. The molecule has 0 radical (unpaired) electrons. The lowest BCUT2D eigenvalue weighted by Crippen LogP contribution is -2.45. The molecule has 1 saturated carbocycles. The molecule has 1 aromatic carbocycles. The highest BCUT2D eigenvalue weighted by molar-refractivity contribution is 9.10. The van der Waals surface area contributed by atoms with Crippen LogP contribution in [0.3, 0.4) is 0 Å². The lowest BCUT2D eigenvalue weighted by Gasteiger charge is -2.37. The minimum atomic E-state index is -0.196. The first-order valence-electron chi connectivity index (χ1n) is 6.76. The molecule has 1 aromatic rings. The van der Waals surface area contributed by atoms with Crippen LogP contribution in [0.5, 0.6) is 0 Å². The van der Waals surface area contributed by atoms with Crippen molar-refractivity contribution >= 4 is 15.9 Å². The van der Waals surface area contributed by atoms with Gasteiger partial charge in [0.15, 0.2) is 0 Å². The SMILES string of the molecule is CCC1CCC(N)(Cc2cccc(F)c2Br)CC1. The summed E-state index contributed by atoms with van der Waals surface area (Å²) in [6.07, 6.45) is 6.53. The van der Waals surface area contributed by atoms with E-state index in [9.17, 15) is 4.39 Å². The van der Waals surface area contributed by atoms with E-state index in [1.165, 1.54) is 25.3 Å². The molecular formula is C15H21BrFN. The zero-order valence-electron chi connectivity index (χ0n) is 10.9. The average molecular weight is 314 g/mol. The Balaban J connectivity index is 2.07. The Bertz CT molecular complexity index is 411. The van der Waals surface area contributed by atoms with Crippen LogP contribution in [0.1, 0.15) is 44.6 Å². The molecule has 0 bridgehead atoms. The molecule has 2 rings (SSSR count). The molecule has 1 aliphatic rings. The molecule has 1 nitrogen and oxygen atoms in total. The highest BCUT2D eigenvalue weighted by Gasteiger charge is 2.31. The predicted molar refractivity (Wildman–Crippen MR) is 77.0 cm³/mol. The summed E-state index contributed by atoms with van der Waals surface area (Å²) in [5, 5.41) is 0. The lowest BCUT2D eigenvalue weighted by molar-refractivity contribution is 0.228. The third-order valence-corrected chi connectivity index (χ3v) is 5.14. The zero-order valence-corrected chi connectivity index (χ0v) is 12.5. The molecule has 100 valence electrons. The van der Waals surface area contributed by atoms with E-state index >= 15 is 0 Å². The van der Waals surface area contributed by atoms with Crippen LogP contribution in [0, 0.1) is 11.7 Å². The molecule has 0 unspecified atom stereocenters. The van der Waals surface area contributed by atoms with Gasteiger partial charge in [-0.25, -0.2) is 4.39 Å². The van der Waals surface area contributed by atoms with E-state index in [-0.39, 0.29) is 11.4 Å². The van der Waals surface area contributed by atoms with Crippen LogP contribution in [0.15, 0.2) is 22.7 Å². The second-order valence-corrected chi connectivity index (χ2v) is 6.40. The molecule has 0 atom stereocenters. The van der Waals surface area contributed by atoms with Crippen molar-refractivity contribution in [3.8, 4) is 0 Å². The van der Waals surface area contributed by atoms with Gasteiger partial charge in [-0.15, -0.1) is 0 Å². The van der Waals surface area contributed by atoms with Gasteiger partial charge in [-0.1, -0.05) is 25.5 Å². The third kappa shape index (κ3) is 3.12. The van der Waals surface area contributed by atoms with Gasteiger partial charge < -0.3 is 5.73 Å². The maximum Gasteiger partial charge on any atom is 0.137 e. The summed E-state index contributed by atoms with van der Waals surface area (Å²) in [5.41, 5.74) is 7.33. The molecule has 0 amide bonds. The molecule has 0 spiro atoms. The summed E-state index contributed by atoms with van der Waals surface area (Å²) < 4.78 is 14.1. The van der Waals surface area contributed by atoms with Gasteiger partial charge in [-0.2, -0.15) is 0 Å². The van der Waals surface area contributed by atoms with E-state index in [2.05, 4.69) is 22.9 Å². The fourth-order valence-corrected chi connectivity index (χ4v) is 3.31. The summed E-state index contributed by atoms with van der Waals surface area (Å²) in [4.78, 5) is 0. The van der Waals surface area contributed by atoms with Crippen LogP contribution in [0.4, 0.5) is 4.39 Å². The summed E-state index contributed by atoms with van der Waals surface area (Å²) >= 11 is 3.33. The van der Waals surface area contributed by atoms with Crippen molar-refractivity contribution in [2.24, 2.45) is 11.7 Å². The molecular weight excluding hydrogens is 293 g/mol. The van der Waals surface area contributed by atoms with Crippen LogP contribution in [-0.2, 0) is 6.42 Å². The van der Waals surface area contributed by atoms with Crippen molar-refractivity contribution in [2.75, 3.05) is 0 Å². The first-order valence-corrected chi connectivity index (χ1v) is 7.55. The van der Waals surface area contributed by atoms with Crippen molar-refractivity contribution in [3.63, 3.8) is 0 Å². The maximum absolute atomic E-state index is 13.5. The van der Waals surface area contributed by atoms with Crippen LogP contribution >= 0.6 is 15.9 Å². The summed E-state index contributed by atoms with van der Waals surface area (Å²) in [7, 11) is 0. The summed E-state index contributed by atoms with van der Waals surface area (Å²) in [6, 6.07) is 5.20. The molecule has 0 aliphatic heterocycles. The zero-order chi connectivity index (χ0) is 13.2. The maximum atomic E-state index is 13.5. The van der Waals surface area contributed by atoms with Crippen molar-refractivity contribution in [1.29, 1.82) is 0 Å². The first kappa shape index (κ1) is 14.0. The Morgan fingerprint density at radius 1 is 1.39 bits per heavy atom. The quantitative estimate of drug-likeness (QED) is 0.877. The van der Waals surface area contributed by atoms with Gasteiger partial charge in [-0.05, 0) is 65.6 Å². The minimum Gasteiger partial charge on any atom is -0.325 e. The van der Waals surface area contributed by atoms with E-state index in [1.54, 1.807) is 6.07 Å². The van der Waals surface area contributed by atoms with Gasteiger partial charge >= 0.3 is 0 Å². The highest BCUT2D eigenvalue weighted by Crippen LogP contribution is 2.35. The van der Waals surface area contributed by atoms with E-state index < -0.39 is 0 Å². The van der Waals surface area contributed by atoms with E-state index in [0.29, 0.717) is 4.47 Å². The van der Waals surface area contributed by atoms with Crippen LogP contribution in [0.2, 0.25) is 0 Å². The van der Waals surface area contributed by atoms with Gasteiger partial charge in [0.25, 0.3) is 0 Å². The van der Waals surface area contributed by atoms with Crippen molar-refractivity contribution < 1.29 is 4.39 Å². The van der Waals surface area contributed by atoms with Crippen LogP contribution < -0.4 is 5.73 Å². The van der Waals surface area contributed by atoms with E-state index in [1.807, 2.05) is 6.07 Å². The molecule has 1 aliphatic carbocycles. The molecule has 0 saturated heterocycles. The monoisotopic (exact) mass is 313 g/mol. The standard InChI is InChI=1S/C15H21BrFN/c1-2-11-6-8-15(18,9-7-11)10-12-4-3-5-13(17)14(12)16/h3-5,11H,2,6-10,18H2,1H3. The first-order chi connectivity index (χ1) is 8.54. The summed E-state index contributed by atoms with van der Waals surface area (Å²) in [6.45, 7) is 2.25. The van der Waals surface area contributed by atoms with Crippen LogP contribution in [-0.4, -0.2) is 5.54 Å². The number of nitrogens with two attached hydrogens (primary N) is 1. The summed E-state index contributed by atoms with van der Waals surface area (Å²) in [5.74, 6) is 0.635. The number of hydrogen-bond donors (Lipinski definition) is 1. The average Bonchev–Trinajstić information content (AvgIpc) is 2.36. The minimum absolute atomic E-state index is 0.151. The molecule has 3 heteroatoms. The van der Waals surface area contributed by atoms with Crippen molar-refractivity contribution in [1.82, 2.24) is 0 Å². The van der Waals surface area contributed by atoms with Gasteiger partial charge in [0.2, 0.25) is 0 Å². The second kappa shape index (κ2) is 5.70. The van der Waals surface area contributed by atoms with Crippen molar-refractivity contribution in [3.05, 3.63) is 34.1 Å². The number of benzene rings is 1. The Morgan fingerprint density at radius 3 is 2.67 bits per heavy atom. The van der Waals surface area contributed by atoms with E-state index in [4.69, 9.17) is 5.73 Å². The van der Waals surface area contributed by atoms with Gasteiger partial charge in [0, 0.05) is 5.54 Å². The number of rotatable bonds is 3. The molecule has 2 N–H and O–H groups in total. The Morgan fingerprint density at radius 2 is 2.06 bits per heavy atom. The topological polar surface area (TPSA) is 26.0 Å². The Hall–Kier alpha value is -0.410. The number of hydrogen-bond acceptors (Lipinski definition) is 1. The fraction of sp³-hybridized carbons (Fsp3) is 0.600. The normalized spacial score (nSPS) is 28.3. The Labute approximate surface area is 117 Å². The lowest BCUT2D eigenvalue weighted by atomic mass is 9.73. The third-order valence-electron chi connectivity index (χ3n) is 4.25. The largest absolute Gasteiger partial charge is 0.325 e. The van der Waals surface area contributed by atoms with Crippen LogP contribution in [0.25, 0.3) is 0 Å². The van der Waals surface area contributed by atoms with Gasteiger partial charge in [-0.3, -0.25) is 0 Å².